The number of thiazole rings is 1. The smallest absolute Gasteiger partial charge is 0.270 e. The molecule has 3 aliphatic carbocycles. The number of nitrogens with zero attached hydrogens (tertiary/aromatic N) is 4. The van der Waals surface area contributed by atoms with Crippen molar-refractivity contribution in [2.75, 3.05) is 111 Å². The lowest BCUT2D eigenvalue weighted by molar-refractivity contribution is -0.142. The normalized spacial score (nSPS) is 17.3. The maximum Gasteiger partial charge on any atom is 0.270 e. The molecule has 1 aliphatic heterocycles. The number of methoxy groups -OCH3 is 1. The first-order valence-corrected chi connectivity index (χ1v) is 30.8. The summed E-state index contributed by atoms with van der Waals surface area (Å²) in [5.74, 6) is -0.393. The zero-order valence-corrected chi connectivity index (χ0v) is 50.5. The predicted molar refractivity (Wildman–Crippen MR) is 324 cm³/mol. The molecule has 5 N–H and O–H groups in total. The summed E-state index contributed by atoms with van der Waals surface area (Å²) in [6, 6.07) is 16.8. The summed E-state index contributed by atoms with van der Waals surface area (Å²) in [7, 11) is 5.05. The number of carbonyl (C=O) groups is 6. The molecule has 2 aromatic carbocycles. The van der Waals surface area contributed by atoms with Gasteiger partial charge in [-0.1, -0.05) is 97.3 Å². The van der Waals surface area contributed by atoms with Crippen molar-refractivity contribution in [3.05, 3.63) is 95.3 Å². The van der Waals surface area contributed by atoms with Gasteiger partial charge in [0.2, 0.25) is 23.6 Å². The number of pyridine rings is 1. The van der Waals surface area contributed by atoms with E-state index in [1.165, 1.54) is 25.7 Å². The van der Waals surface area contributed by atoms with E-state index in [9.17, 15) is 28.8 Å². The Bertz CT molecular complexity index is 2870. The number of anilines is 2. The summed E-state index contributed by atoms with van der Waals surface area (Å²) in [6.45, 7) is 5.57. The number of likely N-dealkylation sites (N-methyl/N-ethyl adjacent to an activating group) is 2. The van der Waals surface area contributed by atoms with Crippen LogP contribution in [0, 0.1) is 17.3 Å². The van der Waals surface area contributed by atoms with E-state index in [-0.39, 0.29) is 66.8 Å². The number of carbonyl (C=O) groups excluding carboxylic acids is 6. The molecule has 21 nitrogen and oxygen atoms in total. The van der Waals surface area contributed by atoms with Gasteiger partial charge in [-0.15, -0.1) is 0 Å². The molecule has 3 unspecified atom stereocenters. The largest absolute Gasteiger partial charge is 0.495 e. The maximum absolute atomic E-state index is 14.3. The van der Waals surface area contributed by atoms with Gasteiger partial charge in [-0.05, 0) is 99.8 Å². The number of rotatable bonds is 34. The summed E-state index contributed by atoms with van der Waals surface area (Å²) in [5, 5.41) is 15.4. The minimum absolute atomic E-state index is 0.00289. The van der Waals surface area contributed by atoms with Crippen molar-refractivity contribution in [3.8, 4) is 17.0 Å². The Morgan fingerprint density at radius 1 is 0.812 bits per heavy atom. The van der Waals surface area contributed by atoms with E-state index in [2.05, 4.69) is 42.6 Å². The molecule has 0 radical (unpaired) electrons. The number of hydrogen-bond acceptors (Lipinski definition) is 16. The van der Waals surface area contributed by atoms with Crippen molar-refractivity contribution < 1.29 is 57.2 Å². The predicted octanol–water partition coefficient (Wildman–Crippen LogP) is 6.67. The second-order valence-electron chi connectivity index (χ2n) is 22.5. The summed E-state index contributed by atoms with van der Waals surface area (Å²) in [5.41, 5.74) is 4.71. The molecule has 0 bridgehead atoms. The third kappa shape index (κ3) is 19.4. The van der Waals surface area contributed by atoms with Gasteiger partial charge in [-0.2, -0.15) is 0 Å². The molecular weight excluding hydrogens is 1110 g/mol. The van der Waals surface area contributed by atoms with Gasteiger partial charge in [0.1, 0.15) is 40.8 Å². The van der Waals surface area contributed by atoms with E-state index in [1.54, 1.807) is 50.2 Å². The number of allylic oxidation sites excluding steroid dienone is 1. The van der Waals surface area contributed by atoms with Crippen LogP contribution in [-0.4, -0.2) is 174 Å². The fourth-order valence-corrected chi connectivity index (χ4v) is 11.9. The summed E-state index contributed by atoms with van der Waals surface area (Å²) in [6.07, 6.45) is 17.1. The van der Waals surface area contributed by atoms with E-state index in [4.69, 9.17) is 28.4 Å². The van der Waals surface area contributed by atoms with Crippen LogP contribution in [0.1, 0.15) is 105 Å². The monoisotopic (exact) mass is 1190 g/mol. The van der Waals surface area contributed by atoms with Crippen molar-refractivity contribution >= 4 is 63.0 Å². The molecule has 6 amide bonds. The van der Waals surface area contributed by atoms with Crippen LogP contribution in [0.2, 0.25) is 0 Å². The molecule has 4 fully saturated rings. The number of benzene rings is 2. The third-order valence-corrected chi connectivity index (χ3v) is 17.2. The molecular formula is C63H85N9O12S. The highest BCUT2D eigenvalue weighted by atomic mass is 32.1. The van der Waals surface area contributed by atoms with Crippen molar-refractivity contribution in [3.63, 3.8) is 0 Å². The van der Waals surface area contributed by atoms with Crippen molar-refractivity contribution in [2.24, 2.45) is 17.3 Å². The molecule has 22 heteroatoms. The molecule has 85 heavy (non-hydrogen) atoms. The van der Waals surface area contributed by atoms with Gasteiger partial charge in [-0.25, -0.2) is 9.97 Å². The minimum atomic E-state index is -0.737. The molecule has 3 heterocycles. The second-order valence-corrected chi connectivity index (χ2v) is 23.5. The summed E-state index contributed by atoms with van der Waals surface area (Å²) < 4.78 is 33.6. The standard InChI is InChI=1S/C63H85N9O12S/c1-43(64-2)57(75)68-56(48-17-9-6-10-18-48)61(78)72-24-12-19-51(72)59(77)70-60-55(47-15-7-5-8-16-47)69-62(85-60)67-53(73)42-84-34-33-83-32-31-82-30-29-81-28-27-80-26-25-71(3)54(74)36-44-13-11-14-45(35-44)40-66-58(76)50-37-49(52(79-4)41-65-50)21-20-46-38-63(39-46)22-23-63/h5,7-8,11,13-16,20-21,35,37,41,43,46,48,51,56,64H,6,9-10,12,17-19,22-34,36,38-40,42H2,1-4H3,(H,66,76)(H,68,75)(H,70,77)(H,67,69,73). The number of nitrogens with one attached hydrogen (secondary N) is 5. The fourth-order valence-electron chi connectivity index (χ4n) is 11.0. The average molecular weight is 1190 g/mol. The van der Waals surface area contributed by atoms with E-state index in [0.717, 1.165) is 65.7 Å². The fraction of sp³-hybridized carbons (Fsp3) is 0.556. The number of ether oxygens (including phenoxy) is 6. The SMILES string of the molecule is CNC(C)C(=O)NC(C(=O)N1CCCC1C(=O)Nc1sc(NC(=O)COCCOCCOCCOCCOCCN(C)C(=O)Cc2cccc(CNC(=O)c3cc(C=CC4CC5(CC5)C4)c(OC)cn3)c2)nc1-c1ccccc1)C1CCCCC1. The third-order valence-electron chi connectivity index (χ3n) is 16.3. The number of hydrogen-bond donors (Lipinski definition) is 5. The summed E-state index contributed by atoms with van der Waals surface area (Å²) in [4.78, 5) is 92.7. The first-order chi connectivity index (χ1) is 41.3. The molecule has 2 aromatic heterocycles. The Balaban J connectivity index is 0.646. The highest BCUT2D eigenvalue weighted by Crippen LogP contribution is 2.63. The van der Waals surface area contributed by atoms with E-state index in [1.807, 2.05) is 60.7 Å². The van der Waals surface area contributed by atoms with Gasteiger partial charge in [0.25, 0.3) is 11.8 Å². The molecule has 1 saturated heterocycles. The molecule has 3 saturated carbocycles. The van der Waals surface area contributed by atoms with Crippen LogP contribution < -0.4 is 31.3 Å². The van der Waals surface area contributed by atoms with Crippen LogP contribution in [0.4, 0.5) is 10.1 Å². The lowest BCUT2D eigenvalue weighted by Gasteiger charge is -2.35. The van der Waals surface area contributed by atoms with Crippen LogP contribution in [0.25, 0.3) is 17.3 Å². The highest BCUT2D eigenvalue weighted by molar-refractivity contribution is 7.20. The molecule has 3 atom stereocenters. The molecule has 4 aromatic rings. The Hall–Kier alpha value is -6.66. The van der Waals surface area contributed by atoms with E-state index >= 15 is 0 Å². The molecule has 1 spiro atoms. The number of aromatic nitrogens is 2. The molecule has 8 rings (SSSR count). The number of amides is 6. The van der Waals surface area contributed by atoms with Crippen LogP contribution >= 0.6 is 11.3 Å². The van der Waals surface area contributed by atoms with Gasteiger partial charge < -0.3 is 59.5 Å². The highest BCUT2D eigenvalue weighted by Gasteiger charge is 2.51. The van der Waals surface area contributed by atoms with E-state index < -0.39 is 24.0 Å². The van der Waals surface area contributed by atoms with Crippen molar-refractivity contribution in [1.82, 2.24) is 35.7 Å². The quantitative estimate of drug-likeness (QED) is 0.0306. The van der Waals surface area contributed by atoms with Crippen LogP contribution in [0.15, 0.2) is 72.9 Å². The van der Waals surface area contributed by atoms with Gasteiger partial charge in [0, 0.05) is 37.8 Å². The minimum Gasteiger partial charge on any atom is -0.495 e. The van der Waals surface area contributed by atoms with Crippen molar-refractivity contribution in [1.29, 1.82) is 0 Å². The first-order valence-electron chi connectivity index (χ1n) is 30.0. The Morgan fingerprint density at radius 3 is 2.18 bits per heavy atom. The molecule has 460 valence electrons. The second kappa shape index (κ2) is 32.7. The first kappa shape index (κ1) is 64.3. The van der Waals surface area contributed by atoms with Crippen molar-refractivity contribution in [2.45, 2.75) is 109 Å². The van der Waals surface area contributed by atoms with Gasteiger partial charge in [0.15, 0.2) is 5.13 Å². The zero-order chi connectivity index (χ0) is 60.0. The van der Waals surface area contributed by atoms with E-state index in [0.29, 0.717) is 112 Å². The Kier molecular flexibility index (Phi) is 24.8. The van der Waals surface area contributed by atoms with Crippen LogP contribution in [0.3, 0.4) is 0 Å². The van der Waals surface area contributed by atoms with Crippen LogP contribution in [-0.2, 0) is 60.6 Å². The lowest BCUT2D eigenvalue weighted by atomic mass is 9.72. The summed E-state index contributed by atoms with van der Waals surface area (Å²) >= 11 is 1.12. The lowest BCUT2D eigenvalue weighted by Crippen LogP contribution is -2.57. The average Bonchev–Trinajstić information content (AvgIpc) is 2.44. The molecule has 4 aliphatic rings. The van der Waals surface area contributed by atoms with Gasteiger partial charge >= 0.3 is 0 Å². The Morgan fingerprint density at radius 2 is 1.49 bits per heavy atom. The van der Waals surface area contributed by atoms with Crippen LogP contribution in [0.5, 0.6) is 5.75 Å². The zero-order valence-electron chi connectivity index (χ0n) is 49.7. The maximum atomic E-state index is 14.3. The van der Waals surface area contributed by atoms with Gasteiger partial charge in [-0.3, -0.25) is 34.1 Å². The topological polar surface area (TPSA) is 250 Å². The van der Waals surface area contributed by atoms with Gasteiger partial charge in [0.05, 0.1) is 85.2 Å². The Labute approximate surface area is 503 Å². The number of likely N-dealkylation sites (tertiary alicyclic amines) is 1.